The third-order valence-electron chi connectivity index (χ3n) is 3.94. The molecule has 3 aromatic heterocycles. The fraction of sp³-hybridized carbons (Fsp3) is 0.0556. The number of para-hydroxylation sites is 1. The van der Waals surface area contributed by atoms with Gasteiger partial charge in [-0.2, -0.15) is 5.10 Å². The van der Waals surface area contributed by atoms with Gasteiger partial charge >= 0.3 is 0 Å². The molecule has 0 spiro atoms. The Hall–Kier alpha value is -3.41. The Morgan fingerprint density at radius 2 is 1.96 bits per heavy atom. The van der Waals surface area contributed by atoms with Crippen LogP contribution in [0.25, 0.3) is 22.5 Å². The van der Waals surface area contributed by atoms with Crippen LogP contribution in [0.2, 0.25) is 0 Å². The van der Waals surface area contributed by atoms with E-state index in [1.807, 2.05) is 66.5 Å². The number of amides is 1. The number of imidazole rings is 1. The molecule has 0 aliphatic rings. The first-order chi connectivity index (χ1) is 11.6. The second-order valence-corrected chi connectivity index (χ2v) is 5.57. The van der Waals surface area contributed by atoms with Gasteiger partial charge in [-0.05, 0) is 31.2 Å². The Labute approximate surface area is 138 Å². The van der Waals surface area contributed by atoms with Crippen LogP contribution in [0.5, 0.6) is 0 Å². The Morgan fingerprint density at radius 1 is 1.12 bits per heavy atom. The summed E-state index contributed by atoms with van der Waals surface area (Å²) in [6, 6.07) is 13.8. The monoisotopic (exact) mass is 317 g/mol. The van der Waals surface area contributed by atoms with Crippen molar-refractivity contribution in [1.29, 1.82) is 0 Å². The number of primary amides is 1. The molecule has 0 atom stereocenters. The Morgan fingerprint density at radius 3 is 2.71 bits per heavy atom. The zero-order chi connectivity index (χ0) is 16.7. The highest BCUT2D eigenvalue weighted by Gasteiger charge is 2.12. The first kappa shape index (κ1) is 14.2. The minimum atomic E-state index is -0.504. The topological polar surface area (TPSA) is 78.2 Å². The van der Waals surface area contributed by atoms with Gasteiger partial charge in [0, 0.05) is 23.5 Å². The average Bonchev–Trinajstić information content (AvgIpc) is 3.20. The number of carbonyl (C=O) groups excluding carboxylic acids is 1. The summed E-state index contributed by atoms with van der Waals surface area (Å²) in [6.45, 7) is 1.95. The molecule has 0 aliphatic carbocycles. The van der Waals surface area contributed by atoms with Crippen molar-refractivity contribution in [3.05, 3.63) is 72.4 Å². The Balaban J connectivity index is 1.92. The maximum Gasteiger partial charge on any atom is 0.267 e. The van der Waals surface area contributed by atoms with Gasteiger partial charge < -0.3 is 5.73 Å². The molecule has 24 heavy (non-hydrogen) atoms. The van der Waals surface area contributed by atoms with Crippen LogP contribution >= 0.6 is 0 Å². The van der Waals surface area contributed by atoms with Crippen molar-refractivity contribution in [2.75, 3.05) is 0 Å². The maximum atomic E-state index is 11.6. The molecule has 0 saturated carbocycles. The summed E-state index contributed by atoms with van der Waals surface area (Å²) in [4.78, 5) is 15.8. The molecule has 0 saturated heterocycles. The number of pyridine rings is 1. The van der Waals surface area contributed by atoms with E-state index in [4.69, 9.17) is 5.73 Å². The highest BCUT2D eigenvalue weighted by atomic mass is 16.1. The highest BCUT2D eigenvalue weighted by molar-refractivity contribution is 5.92. The third-order valence-corrected chi connectivity index (χ3v) is 3.94. The van der Waals surface area contributed by atoms with Crippen molar-refractivity contribution in [2.45, 2.75) is 6.92 Å². The van der Waals surface area contributed by atoms with E-state index >= 15 is 0 Å². The summed E-state index contributed by atoms with van der Waals surface area (Å²) in [6.07, 6.45) is 5.29. The largest absolute Gasteiger partial charge is 0.364 e. The van der Waals surface area contributed by atoms with E-state index in [-0.39, 0.29) is 0 Å². The van der Waals surface area contributed by atoms with Crippen molar-refractivity contribution in [1.82, 2.24) is 19.2 Å². The van der Waals surface area contributed by atoms with Gasteiger partial charge in [0.25, 0.3) is 5.91 Å². The molecule has 0 unspecified atom stereocenters. The van der Waals surface area contributed by atoms with Gasteiger partial charge in [-0.3, -0.25) is 9.20 Å². The molecule has 2 N–H and O–H groups in total. The van der Waals surface area contributed by atoms with Crippen LogP contribution in [0.1, 0.15) is 16.2 Å². The summed E-state index contributed by atoms with van der Waals surface area (Å²) in [5, 5.41) is 4.49. The molecule has 6 heteroatoms. The van der Waals surface area contributed by atoms with E-state index in [2.05, 4.69) is 10.1 Å². The zero-order valence-electron chi connectivity index (χ0n) is 13.0. The zero-order valence-corrected chi connectivity index (χ0v) is 13.0. The van der Waals surface area contributed by atoms with Crippen molar-refractivity contribution in [2.24, 2.45) is 5.73 Å². The molecule has 4 aromatic rings. The lowest BCUT2D eigenvalue weighted by molar-refractivity contribution is 0.0995. The number of aryl methyl sites for hydroxylation is 1. The van der Waals surface area contributed by atoms with Gasteiger partial charge in [0.2, 0.25) is 0 Å². The van der Waals surface area contributed by atoms with Gasteiger partial charge in [-0.25, -0.2) is 9.67 Å². The molecule has 1 aromatic carbocycles. The van der Waals surface area contributed by atoms with Crippen molar-refractivity contribution >= 4 is 11.6 Å². The van der Waals surface area contributed by atoms with Gasteiger partial charge in [0.1, 0.15) is 11.3 Å². The van der Waals surface area contributed by atoms with Crippen LogP contribution in [0.15, 0.2) is 61.1 Å². The predicted octanol–water partition coefficient (Wildman–Crippen LogP) is 2.59. The quantitative estimate of drug-likeness (QED) is 0.631. The third kappa shape index (κ3) is 2.25. The minimum absolute atomic E-state index is 0.360. The maximum absolute atomic E-state index is 11.6. The Kier molecular flexibility index (Phi) is 3.16. The van der Waals surface area contributed by atoms with Gasteiger partial charge in [-0.15, -0.1) is 0 Å². The molecule has 0 aliphatic heterocycles. The van der Waals surface area contributed by atoms with Crippen LogP contribution < -0.4 is 5.73 Å². The SMILES string of the molecule is Cc1ccn(-c2ccccc2-c2ccc3ncc(C(N)=O)n3c2)n1. The van der Waals surface area contributed by atoms with Crippen LogP contribution in [0.3, 0.4) is 0 Å². The smallest absolute Gasteiger partial charge is 0.267 e. The molecule has 0 radical (unpaired) electrons. The lowest BCUT2D eigenvalue weighted by Crippen LogP contribution is -2.13. The summed E-state index contributed by atoms with van der Waals surface area (Å²) < 4.78 is 3.56. The van der Waals surface area contributed by atoms with E-state index < -0.39 is 5.91 Å². The van der Waals surface area contributed by atoms with E-state index in [0.717, 1.165) is 22.5 Å². The second-order valence-electron chi connectivity index (χ2n) is 5.57. The number of nitrogens with two attached hydrogens (primary N) is 1. The number of benzene rings is 1. The number of rotatable bonds is 3. The van der Waals surface area contributed by atoms with Crippen molar-refractivity contribution in [3.8, 4) is 16.8 Å². The summed E-state index contributed by atoms with van der Waals surface area (Å²) in [5.74, 6) is -0.504. The first-order valence-corrected chi connectivity index (χ1v) is 7.52. The lowest BCUT2D eigenvalue weighted by atomic mass is 10.1. The number of fused-ring (bicyclic) bond motifs is 1. The van der Waals surface area contributed by atoms with Crippen LogP contribution in [0, 0.1) is 6.92 Å². The molecule has 4 rings (SSSR count). The summed E-state index contributed by atoms with van der Waals surface area (Å²) >= 11 is 0. The fourth-order valence-corrected chi connectivity index (χ4v) is 2.79. The first-order valence-electron chi connectivity index (χ1n) is 7.52. The number of hydrogen-bond acceptors (Lipinski definition) is 3. The van der Waals surface area contributed by atoms with E-state index in [1.54, 1.807) is 4.40 Å². The normalized spacial score (nSPS) is 11.0. The number of carbonyl (C=O) groups is 1. The molecule has 3 heterocycles. The average molecular weight is 317 g/mol. The number of nitrogens with zero attached hydrogens (tertiary/aromatic N) is 4. The molecule has 6 nitrogen and oxygen atoms in total. The molecular weight excluding hydrogens is 302 g/mol. The van der Waals surface area contributed by atoms with E-state index in [1.165, 1.54) is 6.20 Å². The van der Waals surface area contributed by atoms with Crippen molar-refractivity contribution in [3.63, 3.8) is 0 Å². The molecular formula is C18H15N5O. The van der Waals surface area contributed by atoms with Crippen LogP contribution in [-0.2, 0) is 0 Å². The minimum Gasteiger partial charge on any atom is -0.364 e. The van der Waals surface area contributed by atoms with E-state index in [9.17, 15) is 4.79 Å². The molecule has 1 amide bonds. The molecule has 0 bridgehead atoms. The molecule has 0 fully saturated rings. The van der Waals surface area contributed by atoms with Crippen molar-refractivity contribution < 1.29 is 4.79 Å². The van der Waals surface area contributed by atoms with Gasteiger partial charge in [0.15, 0.2) is 0 Å². The van der Waals surface area contributed by atoms with E-state index in [0.29, 0.717) is 11.3 Å². The van der Waals surface area contributed by atoms with Crippen LogP contribution in [0.4, 0.5) is 0 Å². The van der Waals surface area contributed by atoms with Crippen LogP contribution in [-0.4, -0.2) is 25.1 Å². The summed E-state index contributed by atoms with van der Waals surface area (Å²) in [5.41, 5.74) is 10.3. The summed E-state index contributed by atoms with van der Waals surface area (Å²) in [7, 11) is 0. The second kappa shape index (κ2) is 5.34. The Bertz CT molecular complexity index is 1060. The fourth-order valence-electron chi connectivity index (χ4n) is 2.79. The highest BCUT2D eigenvalue weighted by Crippen LogP contribution is 2.27. The van der Waals surface area contributed by atoms with Gasteiger partial charge in [0.05, 0.1) is 17.6 Å². The predicted molar refractivity (Wildman–Crippen MR) is 91.0 cm³/mol. The molecule has 118 valence electrons. The standard InChI is InChI=1S/C18H15N5O/c1-12-8-9-23(21-12)15-5-3-2-4-14(15)13-6-7-17-20-10-16(18(19)24)22(17)11-13/h2-11H,1H3,(H2,19,24). The van der Waals surface area contributed by atoms with Gasteiger partial charge in [-0.1, -0.05) is 18.2 Å². The number of aromatic nitrogens is 4. The lowest BCUT2D eigenvalue weighted by Gasteiger charge is -2.10. The number of hydrogen-bond donors (Lipinski definition) is 1.